The normalized spacial score (nSPS) is 15.0. The molecule has 0 saturated carbocycles. The summed E-state index contributed by atoms with van der Waals surface area (Å²) >= 11 is 0. The van der Waals surface area contributed by atoms with Gasteiger partial charge in [-0.25, -0.2) is 9.07 Å². The van der Waals surface area contributed by atoms with Crippen LogP contribution in [0.5, 0.6) is 0 Å². The van der Waals surface area contributed by atoms with Crippen LogP contribution < -0.4 is 10.6 Å². The lowest BCUT2D eigenvalue weighted by molar-refractivity contribution is 0.235. The molecule has 1 fully saturated rings. The zero-order valence-electron chi connectivity index (χ0n) is 17.1. The second-order valence-electron chi connectivity index (χ2n) is 7.07. The van der Waals surface area contributed by atoms with E-state index >= 15 is 0 Å². The Hall–Kier alpha value is -1.68. The first-order valence-electron chi connectivity index (χ1n) is 10.3. The molecule has 160 valence electrons. The number of halogens is 2. The Balaban J connectivity index is 0.00000300. The predicted molar refractivity (Wildman–Crippen MR) is 127 cm³/mol. The smallest absolute Gasteiger partial charge is 0.191 e. The number of hydrogen-bond donors (Lipinski definition) is 2. The fraction of sp³-hybridized carbons (Fsp3) is 0.524. The lowest BCUT2D eigenvalue weighted by Crippen LogP contribution is -2.39. The van der Waals surface area contributed by atoms with Gasteiger partial charge in [-0.3, -0.25) is 4.99 Å². The van der Waals surface area contributed by atoms with Gasteiger partial charge in [0.25, 0.3) is 0 Å². The van der Waals surface area contributed by atoms with E-state index in [1.165, 1.54) is 44.5 Å². The molecule has 1 aliphatic heterocycles. The van der Waals surface area contributed by atoms with E-state index in [0.29, 0.717) is 0 Å². The Labute approximate surface area is 190 Å². The van der Waals surface area contributed by atoms with Crippen LogP contribution in [-0.2, 0) is 6.42 Å². The van der Waals surface area contributed by atoms with Crippen LogP contribution in [0.3, 0.4) is 0 Å². The van der Waals surface area contributed by atoms with Gasteiger partial charge in [-0.15, -0.1) is 24.0 Å². The van der Waals surface area contributed by atoms with Crippen LogP contribution in [0, 0.1) is 5.82 Å². The quantitative estimate of drug-likeness (QED) is 0.323. The van der Waals surface area contributed by atoms with Crippen LogP contribution in [0.4, 0.5) is 4.39 Å². The monoisotopic (exact) mass is 514 g/mol. The molecule has 29 heavy (non-hydrogen) atoms. The van der Waals surface area contributed by atoms with Gasteiger partial charge in [0.15, 0.2) is 5.96 Å². The predicted octanol–water partition coefficient (Wildman–Crippen LogP) is 3.21. The molecule has 1 aromatic carbocycles. The Morgan fingerprint density at radius 3 is 2.59 bits per heavy atom. The number of rotatable bonds is 8. The summed E-state index contributed by atoms with van der Waals surface area (Å²) in [7, 11) is 0. The first kappa shape index (κ1) is 23.6. The van der Waals surface area contributed by atoms with Crippen LogP contribution in [0.15, 0.2) is 41.5 Å². The number of hydrogen-bond acceptors (Lipinski definition) is 3. The van der Waals surface area contributed by atoms with Gasteiger partial charge in [-0.1, -0.05) is 6.42 Å². The van der Waals surface area contributed by atoms with E-state index in [-0.39, 0.29) is 29.8 Å². The van der Waals surface area contributed by atoms with Gasteiger partial charge in [0.05, 0.1) is 17.9 Å². The molecule has 1 aliphatic rings. The van der Waals surface area contributed by atoms with Gasteiger partial charge in [0.2, 0.25) is 0 Å². The van der Waals surface area contributed by atoms with Gasteiger partial charge >= 0.3 is 0 Å². The summed E-state index contributed by atoms with van der Waals surface area (Å²) in [6.07, 6.45) is 6.69. The highest BCUT2D eigenvalue weighted by Crippen LogP contribution is 2.09. The van der Waals surface area contributed by atoms with Crippen molar-refractivity contribution in [1.82, 2.24) is 25.3 Å². The number of piperidine rings is 1. The molecule has 1 aromatic heterocycles. The highest BCUT2D eigenvalue weighted by molar-refractivity contribution is 14.0. The summed E-state index contributed by atoms with van der Waals surface area (Å²) in [6, 6.07) is 8.33. The maximum absolute atomic E-state index is 13.0. The molecule has 3 rings (SSSR count). The summed E-state index contributed by atoms with van der Waals surface area (Å²) in [5.41, 5.74) is 1.84. The van der Waals surface area contributed by atoms with Crippen molar-refractivity contribution in [3.05, 3.63) is 48.0 Å². The molecular weight excluding hydrogens is 482 g/mol. The van der Waals surface area contributed by atoms with Crippen molar-refractivity contribution < 1.29 is 4.39 Å². The Morgan fingerprint density at radius 1 is 1.10 bits per heavy atom. The van der Waals surface area contributed by atoms with Gasteiger partial charge in [-0.2, -0.15) is 5.10 Å². The Bertz CT molecular complexity index is 740. The highest BCUT2D eigenvalue weighted by atomic mass is 127. The summed E-state index contributed by atoms with van der Waals surface area (Å²) in [4.78, 5) is 7.19. The van der Waals surface area contributed by atoms with Gasteiger partial charge in [-0.05, 0) is 63.2 Å². The Kier molecular flexibility index (Phi) is 10.4. The van der Waals surface area contributed by atoms with E-state index < -0.39 is 0 Å². The SMILES string of the molecule is CCNC(=NCCN1CCCCC1)NCCc1ccn(-c2ccc(F)cc2)n1.I. The van der Waals surface area contributed by atoms with Crippen molar-refractivity contribution in [2.75, 3.05) is 39.3 Å². The largest absolute Gasteiger partial charge is 0.357 e. The van der Waals surface area contributed by atoms with Gasteiger partial charge in [0.1, 0.15) is 5.82 Å². The van der Waals surface area contributed by atoms with E-state index in [2.05, 4.69) is 27.6 Å². The standard InChI is InChI=1S/C21H31FN6.HI/c1-2-23-21(25-13-17-27-14-4-3-5-15-27)24-12-10-19-11-16-28(26-19)20-8-6-18(22)7-9-20;/h6-9,11,16H,2-5,10,12-15,17H2,1H3,(H2,23,24,25);1H. The second-order valence-corrected chi connectivity index (χ2v) is 7.07. The minimum Gasteiger partial charge on any atom is -0.357 e. The molecule has 0 bridgehead atoms. The summed E-state index contributed by atoms with van der Waals surface area (Å²) < 4.78 is 14.8. The molecule has 6 nitrogen and oxygen atoms in total. The fourth-order valence-corrected chi connectivity index (χ4v) is 3.37. The molecule has 2 heterocycles. The second kappa shape index (κ2) is 12.8. The molecule has 2 N–H and O–H groups in total. The van der Waals surface area contributed by atoms with E-state index in [1.54, 1.807) is 16.8 Å². The molecule has 0 radical (unpaired) electrons. The van der Waals surface area contributed by atoms with Crippen molar-refractivity contribution in [1.29, 1.82) is 0 Å². The molecule has 2 aromatic rings. The zero-order chi connectivity index (χ0) is 19.6. The minimum atomic E-state index is -0.240. The molecule has 0 spiro atoms. The number of likely N-dealkylation sites (tertiary alicyclic amines) is 1. The maximum Gasteiger partial charge on any atom is 0.191 e. The highest BCUT2D eigenvalue weighted by Gasteiger charge is 2.09. The molecule has 0 atom stereocenters. The van der Waals surface area contributed by atoms with Crippen LogP contribution >= 0.6 is 24.0 Å². The number of guanidine groups is 1. The molecule has 0 unspecified atom stereocenters. The van der Waals surface area contributed by atoms with Gasteiger partial charge in [0, 0.05) is 32.3 Å². The minimum absolute atomic E-state index is 0. The molecule has 8 heteroatoms. The third-order valence-electron chi connectivity index (χ3n) is 4.89. The number of nitrogens with one attached hydrogen (secondary N) is 2. The number of aromatic nitrogens is 2. The zero-order valence-corrected chi connectivity index (χ0v) is 19.4. The average Bonchev–Trinajstić information content (AvgIpc) is 3.18. The van der Waals surface area contributed by atoms with Crippen molar-refractivity contribution in [3.8, 4) is 5.69 Å². The number of nitrogens with zero attached hydrogens (tertiary/aromatic N) is 4. The summed E-state index contributed by atoms with van der Waals surface area (Å²) in [5, 5.41) is 11.3. The topological polar surface area (TPSA) is 57.5 Å². The van der Waals surface area contributed by atoms with Crippen LogP contribution in [0.1, 0.15) is 31.9 Å². The van der Waals surface area contributed by atoms with Crippen LogP contribution in [0.25, 0.3) is 5.69 Å². The third kappa shape index (κ3) is 7.93. The van der Waals surface area contributed by atoms with Crippen molar-refractivity contribution in [3.63, 3.8) is 0 Å². The third-order valence-corrected chi connectivity index (χ3v) is 4.89. The number of benzene rings is 1. The summed E-state index contributed by atoms with van der Waals surface area (Å²) in [6.45, 7) is 7.93. The van der Waals surface area contributed by atoms with Crippen LogP contribution in [0.2, 0.25) is 0 Å². The van der Waals surface area contributed by atoms with Gasteiger partial charge < -0.3 is 15.5 Å². The average molecular weight is 514 g/mol. The molecule has 0 aliphatic carbocycles. The lowest BCUT2D eigenvalue weighted by Gasteiger charge is -2.25. The van der Waals surface area contributed by atoms with E-state index in [0.717, 1.165) is 49.9 Å². The van der Waals surface area contributed by atoms with Crippen LogP contribution in [-0.4, -0.2) is 59.9 Å². The Morgan fingerprint density at radius 2 is 1.86 bits per heavy atom. The van der Waals surface area contributed by atoms with E-state index in [4.69, 9.17) is 4.99 Å². The first-order chi connectivity index (χ1) is 13.7. The summed E-state index contributed by atoms with van der Waals surface area (Å²) in [5.74, 6) is 0.619. The van der Waals surface area contributed by atoms with Crippen molar-refractivity contribution >= 4 is 29.9 Å². The molecule has 0 amide bonds. The maximum atomic E-state index is 13.0. The number of aliphatic imine (C=N–C) groups is 1. The van der Waals surface area contributed by atoms with E-state index in [9.17, 15) is 4.39 Å². The molecule has 1 saturated heterocycles. The van der Waals surface area contributed by atoms with Crippen molar-refractivity contribution in [2.45, 2.75) is 32.6 Å². The first-order valence-corrected chi connectivity index (χ1v) is 10.3. The fourth-order valence-electron chi connectivity index (χ4n) is 3.37. The molecular formula is C21H32FIN6. The lowest BCUT2D eigenvalue weighted by atomic mass is 10.1. The van der Waals surface area contributed by atoms with Crippen molar-refractivity contribution in [2.24, 2.45) is 4.99 Å². The van der Waals surface area contributed by atoms with E-state index in [1.807, 2.05) is 12.3 Å².